The SMILES string of the molecule is O=C(Cc1ccc2c(c1)OCO2)N1CCC(n2cnc3ccccc32)CC1. The highest BCUT2D eigenvalue weighted by Crippen LogP contribution is 2.33. The minimum Gasteiger partial charge on any atom is -0.454 e. The number of imidazole rings is 1. The Hall–Kier alpha value is -3.02. The highest BCUT2D eigenvalue weighted by Gasteiger charge is 2.25. The van der Waals surface area contributed by atoms with E-state index < -0.39 is 0 Å². The summed E-state index contributed by atoms with van der Waals surface area (Å²) in [7, 11) is 0. The van der Waals surface area contributed by atoms with Crippen molar-refractivity contribution in [1.29, 1.82) is 0 Å². The third kappa shape index (κ3) is 3.01. The Morgan fingerprint density at radius 1 is 1.07 bits per heavy atom. The molecule has 0 spiro atoms. The van der Waals surface area contributed by atoms with Crippen molar-refractivity contribution in [2.45, 2.75) is 25.3 Å². The first-order valence-electron chi connectivity index (χ1n) is 9.36. The van der Waals surface area contributed by atoms with Crippen molar-refractivity contribution >= 4 is 16.9 Å². The molecule has 27 heavy (non-hydrogen) atoms. The number of benzene rings is 2. The molecule has 3 heterocycles. The molecular weight excluding hydrogens is 342 g/mol. The average Bonchev–Trinajstić information content (AvgIpc) is 3.34. The smallest absolute Gasteiger partial charge is 0.231 e. The van der Waals surface area contributed by atoms with Crippen molar-refractivity contribution < 1.29 is 14.3 Å². The molecule has 6 nitrogen and oxygen atoms in total. The molecule has 0 N–H and O–H groups in total. The van der Waals surface area contributed by atoms with Crippen LogP contribution in [0.15, 0.2) is 48.8 Å². The van der Waals surface area contributed by atoms with E-state index in [1.807, 2.05) is 47.6 Å². The molecular formula is C21H21N3O3. The van der Waals surface area contributed by atoms with Crippen LogP contribution in [0.4, 0.5) is 0 Å². The number of fused-ring (bicyclic) bond motifs is 2. The topological polar surface area (TPSA) is 56.6 Å². The van der Waals surface area contributed by atoms with Crippen molar-refractivity contribution in [2.24, 2.45) is 0 Å². The summed E-state index contributed by atoms with van der Waals surface area (Å²) in [5.74, 6) is 1.65. The van der Waals surface area contributed by atoms with Crippen LogP contribution in [-0.4, -0.2) is 40.2 Å². The molecule has 6 heteroatoms. The number of piperidine rings is 1. The number of amides is 1. The fourth-order valence-electron chi connectivity index (χ4n) is 4.00. The lowest BCUT2D eigenvalue weighted by molar-refractivity contribution is -0.131. The first-order valence-corrected chi connectivity index (χ1v) is 9.36. The average molecular weight is 363 g/mol. The fraction of sp³-hybridized carbons (Fsp3) is 0.333. The molecule has 2 aliphatic rings. The van der Waals surface area contributed by atoms with Gasteiger partial charge >= 0.3 is 0 Å². The number of carbonyl (C=O) groups excluding carboxylic acids is 1. The Morgan fingerprint density at radius 2 is 1.89 bits per heavy atom. The lowest BCUT2D eigenvalue weighted by Gasteiger charge is -2.33. The van der Waals surface area contributed by atoms with E-state index in [9.17, 15) is 4.79 Å². The maximum atomic E-state index is 12.7. The Bertz CT molecular complexity index is 989. The quantitative estimate of drug-likeness (QED) is 0.717. The molecule has 0 atom stereocenters. The molecule has 3 aromatic rings. The van der Waals surface area contributed by atoms with Gasteiger partial charge in [0.15, 0.2) is 11.5 Å². The largest absolute Gasteiger partial charge is 0.454 e. The molecule has 0 unspecified atom stereocenters. The minimum absolute atomic E-state index is 0.169. The molecule has 0 saturated carbocycles. The molecule has 1 amide bonds. The van der Waals surface area contributed by atoms with Gasteiger partial charge in [0, 0.05) is 19.1 Å². The maximum absolute atomic E-state index is 12.7. The number of hydrogen-bond donors (Lipinski definition) is 0. The summed E-state index contributed by atoms with van der Waals surface area (Å²) in [5, 5.41) is 0. The number of para-hydroxylation sites is 2. The Labute approximate surface area is 157 Å². The van der Waals surface area contributed by atoms with Gasteiger partial charge in [0.2, 0.25) is 12.7 Å². The van der Waals surface area contributed by atoms with E-state index in [1.165, 1.54) is 5.52 Å². The van der Waals surface area contributed by atoms with Crippen LogP contribution < -0.4 is 9.47 Å². The summed E-state index contributed by atoms with van der Waals surface area (Å²) in [5.41, 5.74) is 3.16. The first kappa shape index (κ1) is 16.2. The van der Waals surface area contributed by atoms with E-state index in [1.54, 1.807) is 0 Å². The van der Waals surface area contributed by atoms with Crippen LogP contribution in [-0.2, 0) is 11.2 Å². The van der Waals surface area contributed by atoms with Gasteiger partial charge in [-0.3, -0.25) is 4.79 Å². The van der Waals surface area contributed by atoms with Gasteiger partial charge in [-0.2, -0.15) is 0 Å². The van der Waals surface area contributed by atoms with E-state index in [0.29, 0.717) is 12.5 Å². The second-order valence-corrected chi connectivity index (χ2v) is 7.12. The van der Waals surface area contributed by atoms with Crippen LogP contribution in [0.3, 0.4) is 0 Å². The summed E-state index contributed by atoms with van der Waals surface area (Å²) < 4.78 is 13.0. The van der Waals surface area contributed by atoms with Crippen LogP contribution >= 0.6 is 0 Å². The minimum atomic E-state index is 0.169. The standard InChI is InChI=1S/C21H21N3O3/c25-21(12-15-5-6-19-20(11-15)27-14-26-19)23-9-7-16(8-10-23)24-13-22-17-3-1-2-4-18(17)24/h1-6,11,13,16H,7-10,12,14H2. The first-order chi connectivity index (χ1) is 13.3. The second-order valence-electron chi connectivity index (χ2n) is 7.12. The zero-order chi connectivity index (χ0) is 18.2. The van der Waals surface area contributed by atoms with E-state index in [2.05, 4.69) is 15.6 Å². The Balaban J connectivity index is 1.23. The molecule has 1 fully saturated rings. The van der Waals surface area contributed by atoms with E-state index >= 15 is 0 Å². The molecule has 1 aromatic heterocycles. The predicted molar refractivity (Wildman–Crippen MR) is 101 cm³/mol. The van der Waals surface area contributed by atoms with Crippen LogP contribution in [0, 0.1) is 0 Å². The number of rotatable bonds is 3. The molecule has 0 radical (unpaired) electrons. The molecule has 5 rings (SSSR count). The van der Waals surface area contributed by atoms with Gasteiger partial charge in [-0.15, -0.1) is 0 Å². The normalized spacial score (nSPS) is 16.8. The van der Waals surface area contributed by atoms with Gasteiger partial charge in [-0.25, -0.2) is 4.98 Å². The van der Waals surface area contributed by atoms with Crippen LogP contribution in [0.1, 0.15) is 24.4 Å². The number of aromatic nitrogens is 2. The summed E-state index contributed by atoms with van der Waals surface area (Å²) in [6, 6.07) is 14.3. The monoisotopic (exact) mass is 363 g/mol. The predicted octanol–water partition coefficient (Wildman–Crippen LogP) is 3.17. The molecule has 1 saturated heterocycles. The maximum Gasteiger partial charge on any atom is 0.231 e. The molecule has 2 aromatic carbocycles. The highest BCUT2D eigenvalue weighted by atomic mass is 16.7. The summed E-state index contributed by atoms with van der Waals surface area (Å²) >= 11 is 0. The molecule has 138 valence electrons. The zero-order valence-corrected chi connectivity index (χ0v) is 15.0. The molecule has 0 aliphatic carbocycles. The van der Waals surface area contributed by atoms with Crippen molar-refractivity contribution in [1.82, 2.24) is 14.5 Å². The number of nitrogens with zero attached hydrogens (tertiary/aromatic N) is 3. The van der Waals surface area contributed by atoms with Gasteiger partial charge in [-0.05, 0) is 42.7 Å². The van der Waals surface area contributed by atoms with Gasteiger partial charge < -0.3 is 18.9 Å². The highest BCUT2D eigenvalue weighted by molar-refractivity contribution is 5.79. The van der Waals surface area contributed by atoms with Crippen LogP contribution in [0.2, 0.25) is 0 Å². The Morgan fingerprint density at radius 3 is 2.78 bits per heavy atom. The van der Waals surface area contributed by atoms with Gasteiger partial charge in [0.25, 0.3) is 0 Å². The number of hydrogen-bond acceptors (Lipinski definition) is 4. The number of likely N-dealkylation sites (tertiary alicyclic amines) is 1. The molecule has 0 bridgehead atoms. The second kappa shape index (κ2) is 6.61. The number of ether oxygens (including phenoxy) is 2. The third-order valence-electron chi connectivity index (χ3n) is 5.48. The summed E-state index contributed by atoms with van der Waals surface area (Å²) in [4.78, 5) is 19.2. The number of carbonyl (C=O) groups is 1. The van der Waals surface area contributed by atoms with E-state index in [-0.39, 0.29) is 12.7 Å². The van der Waals surface area contributed by atoms with E-state index in [0.717, 1.165) is 48.5 Å². The van der Waals surface area contributed by atoms with Gasteiger partial charge in [0.1, 0.15) is 0 Å². The van der Waals surface area contributed by atoms with Crippen LogP contribution in [0.25, 0.3) is 11.0 Å². The van der Waals surface area contributed by atoms with Crippen molar-refractivity contribution in [3.63, 3.8) is 0 Å². The van der Waals surface area contributed by atoms with Crippen molar-refractivity contribution in [3.05, 3.63) is 54.4 Å². The summed E-state index contributed by atoms with van der Waals surface area (Å²) in [6.45, 7) is 1.81. The fourth-order valence-corrected chi connectivity index (χ4v) is 4.00. The molecule has 2 aliphatic heterocycles. The Kier molecular flexibility index (Phi) is 3.96. The summed E-state index contributed by atoms with van der Waals surface area (Å²) in [6.07, 6.45) is 4.23. The van der Waals surface area contributed by atoms with Crippen molar-refractivity contribution in [3.8, 4) is 11.5 Å². The van der Waals surface area contributed by atoms with Gasteiger partial charge in [-0.1, -0.05) is 18.2 Å². The lowest BCUT2D eigenvalue weighted by atomic mass is 10.0. The van der Waals surface area contributed by atoms with Crippen molar-refractivity contribution in [2.75, 3.05) is 19.9 Å². The van der Waals surface area contributed by atoms with Crippen LogP contribution in [0.5, 0.6) is 11.5 Å². The van der Waals surface area contributed by atoms with Gasteiger partial charge in [0.05, 0.1) is 23.8 Å². The third-order valence-corrected chi connectivity index (χ3v) is 5.48. The lowest BCUT2D eigenvalue weighted by Crippen LogP contribution is -2.39. The zero-order valence-electron chi connectivity index (χ0n) is 15.0. The van der Waals surface area contributed by atoms with E-state index in [4.69, 9.17) is 9.47 Å².